The zero-order valence-electron chi connectivity index (χ0n) is 8.83. The normalized spacial score (nSPS) is 10.7. The average Bonchev–Trinajstić information content (AvgIpc) is 2.34. The minimum absolute atomic E-state index is 0.179. The molecule has 3 nitrogen and oxygen atoms in total. The zero-order valence-corrected chi connectivity index (χ0v) is 13.3. The Morgan fingerprint density at radius 1 is 1.22 bits per heavy atom. The molecule has 0 N–H and O–H groups in total. The summed E-state index contributed by atoms with van der Waals surface area (Å²) in [5.41, 5.74) is 0.688. The predicted octanol–water partition coefficient (Wildman–Crippen LogP) is 3.86. The molecule has 0 aliphatic heterocycles. The average molecular weight is 415 g/mol. The van der Waals surface area contributed by atoms with Gasteiger partial charge in [-0.05, 0) is 40.3 Å². The Kier molecular flexibility index (Phi) is 4.53. The fourth-order valence-electron chi connectivity index (χ4n) is 1.39. The van der Waals surface area contributed by atoms with Crippen molar-refractivity contribution in [1.29, 1.82) is 0 Å². The van der Waals surface area contributed by atoms with E-state index in [1.807, 2.05) is 28.7 Å². The molecule has 0 aliphatic rings. The molecule has 0 saturated heterocycles. The Hall–Kier alpha value is -0.300. The fourth-order valence-corrected chi connectivity index (χ4v) is 2.29. The van der Waals surface area contributed by atoms with Crippen molar-refractivity contribution in [1.82, 2.24) is 9.55 Å². The van der Waals surface area contributed by atoms with E-state index in [1.54, 1.807) is 12.1 Å². The summed E-state index contributed by atoms with van der Waals surface area (Å²) < 4.78 is 1.87. The number of aromatic nitrogens is 2. The van der Waals surface area contributed by atoms with Crippen molar-refractivity contribution in [3.8, 4) is 0 Å². The molecule has 0 amide bonds. The van der Waals surface area contributed by atoms with Crippen LogP contribution in [0.1, 0.15) is 5.56 Å². The second-order valence-electron chi connectivity index (χ2n) is 3.53. The van der Waals surface area contributed by atoms with Gasteiger partial charge in [-0.25, -0.2) is 4.98 Å². The van der Waals surface area contributed by atoms with Gasteiger partial charge in [-0.1, -0.05) is 40.9 Å². The van der Waals surface area contributed by atoms with E-state index in [4.69, 9.17) is 34.8 Å². The lowest BCUT2D eigenvalue weighted by molar-refractivity contribution is 0.730. The Balaban J connectivity index is 2.37. The second-order valence-corrected chi connectivity index (χ2v) is 5.78. The maximum absolute atomic E-state index is 11.9. The molecule has 2 rings (SSSR count). The van der Waals surface area contributed by atoms with Crippen LogP contribution in [0.25, 0.3) is 0 Å². The highest BCUT2D eigenvalue weighted by atomic mass is 127. The first-order valence-corrected chi connectivity index (χ1v) is 7.04. The van der Waals surface area contributed by atoms with E-state index in [2.05, 4.69) is 4.98 Å². The SMILES string of the molecule is O=c1c(I)c(Cl)ncn1Cc1ccc(Cl)c(Cl)c1. The molecule has 0 aliphatic carbocycles. The van der Waals surface area contributed by atoms with Gasteiger partial charge in [-0.3, -0.25) is 9.36 Å². The topological polar surface area (TPSA) is 34.9 Å². The van der Waals surface area contributed by atoms with Gasteiger partial charge in [0.2, 0.25) is 0 Å². The standard InChI is InChI=1S/C11H6Cl3IN2O/c12-7-2-1-6(3-8(7)13)4-17-5-16-10(14)9(15)11(17)18/h1-3,5H,4H2. The largest absolute Gasteiger partial charge is 0.294 e. The smallest absolute Gasteiger partial charge is 0.268 e. The summed E-state index contributed by atoms with van der Waals surface area (Å²) in [7, 11) is 0. The molecule has 0 unspecified atom stereocenters. The molecule has 0 fully saturated rings. The highest BCUT2D eigenvalue weighted by Crippen LogP contribution is 2.22. The van der Waals surface area contributed by atoms with Crippen LogP contribution in [0.15, 0.2) is 29.3 Å². The van der Waals surface area contributed by atoms with Crippen LogP contribution in [0.3, 0.4) is 0 Å². The molecule has 0 bridgehead atoms. The number of nitrogens with zero attached hydrogens (tertiary/aromatic N) is 2. The van der Waals surface area contributed by atoms with Gasteiger partial charge in [0.05, 0.1) is 22.9 Å². The van der Waals surface area contributed by atoms with Crippen LogP contribution in [0.2, 0.25) is 15.2 Å². The van der Waals surface area contributed by atoms with Crippen molar-refractivity contribution in [3.05, 3.63) is 59.2 Å². The minimum Gasteiger partial charge on any atom is -0.294 e. The van der Waals surface area contributed by atoms with Gasteiger partial charge >= 0.3 is 0 Å². The number of halogens is 4. The van der Waals surface area contributed by atoms with Crippen LogP contribution in [-0.4, -0.2) is 9.55 Å². The third-order valence-electron chi connectivity index (χ3n) is 2.28. The maximum atomic E-state index is 11.9. The molecular formula is C11H6Cl3IN2O. The molecule has 0 radical (unpaired) electrons. The summed E-state index contributed by atoms with van der Waals surface area (Å²) in [5.74, 6) is 0. The van der Waals surface area contributed by atoms with Gasteiger partial charge in [0.25, 0.3) is 5.56 Å². The Bertz CT molecular complexity index is 657. The molecule has 0 saturated carbocycles. The van der Waals surface area contributed by atoms with Crippen molar-refractivity contribution in [3.63, 3.8) is 0 Å². The first-order chi connectivity index (χ1) is 8.49. The summed E-state index contributed by atoms with van der Waals surface area (Å²) in [6.07, 6.45) is 1.41. The second kappa shape index (κ2) is 5.77. The first kappa shape index (κ1) is 14.1. The fraction of sp³-hybridized carbons (Fsp3) is 0.0909. The zero-order chi connectivity index (χ0) is 13.3. The summed E-state index contributed by atoms with van der Waals surface area (Å²) in [4.78, 5) is 15.9. The highest BCUT2D eigenvalue weighted by molar-refractivity contribution is 14.1. The molecule has 1 aromatic carbocycles. The van der Waals surface area contributed by atoms with Crippen LogP contribution in [0.4, 0.5) is 0 Å². The predicted molar refractivity (Wildman–Crippen MR) is 81.8 cm³/mol. The van der Waals surface area contributed by atoms with Crippen LogP contribution >= 0.6 is 57.4 Å². The lowest BCUT2D eigenvalue weighted by Crippen LogP contribution is -2.23. The van der Waals surface area contributed by atoms with Crippen molar-refractivity contribution in [2.75, 3.05) is 0 Å². The third kappa shape index (κ3) is 2.99. The minimum atomic E-state index is -0.179. The summed E-state index contributed by atoms with van der Waals surface area (Å²) in [6, 6.07) is 5.22. The third-order valence-corrected chi connectivity index (χ3v) is 4.59. The van der Waals surface area contributed by atoms with Crippen molar-refractivity contribution in [2.24, 2.45) is 0 Å². The summed E-state index contributed by atoms with van der Waals surface area (Å²) in [6.45, 7) is 0.371. The monoisotopic (exact) mass is 414 g/mol. The van der Waals surface area contributed by atoms with Gasteiger partial charge < -0.3 is 0 Å². The lowest BCUT2D eigenvalue weighted by Gasteiger charge is -2.07. The molecule has 0 spiro atoms. The van der Waals surface area contributed by atoms with E-state index >= 15 is 0 Å². The number of rotatable bonds is 2. The van der Waals surface area contributed by atoms with Gasteiger partial charge in [-0.2, -0.15) is 0 Å². The van der Waals surface area contributed by atoms with E-state index in [1.165, 1.54) is 10.9 Å². The van der Waals surface area contributed by atoms with Gasteiger partial charge in [0.15, 0.2) is 0 Å². The molecular weight excluding hydrogens is 409 g/mol. The van der Waals surface area contributed by atoms with Gasteiger partial charge in [0, 0.05) is 0 Å². The highest BCUT2D eigenvalue weighted by Gasteiger charge is 2.08. The molecule has 1 aromatic heterocycles. The van der Waals surface area contributed by atoms with E-state index in [0.717, 1.165) is 5.56 Å². The number of benzene rings is 1. The Morgan fingerprint density at radius 3 is 2.61 bits per heavy atom. The Labute approximate surface area is 132 Å². The molecule has 94 valence electrons. The van der Waals surface area contributed by atoms with E-state index < -0.39 is 0 Å². The first-order valence-electron chi connectivity index (χ1n) is 4.83. The number of hydrogen-bond acceptors (Lipinski definition) is 2. The maximum Gasteiger partial charge on any atom is 0.268 e. The van der Waals surface area contributed by atoms with Crippen LogP contribution in [0.5, 0.6) is 0 Å². The molecule has 1 heterocycles. The van der Waals surface area contributed by atoms with Crippen molar-refractivity contribution < 1.29 is 0 Å². The molecule has 2 aromatic rings. The van der Waals surface area contributed by atoms with Crippen LogP contribution < -0.4 is 5.56 Å². The lowest BCUT2D eigenvalue weighted by atomic mass is 10.2. The summed E-state index contributed by atoms with van der Waals surface area (Å²) in [5, 5.41) is 1.15. The van der Waals surface area contributed by atoms with E-state index in [9.17, 15) is 4.79 Å². The Morgan fingerprint density at radius 2 is 1.94 bits per heavy atom. The molecule has 0 atom stereocenters. The van der Waals surface area contributed by atoms with Crippen LogP contribution in [-0.2, 0) is 6.54 Å². The molecule has 7 heteroatoms. The van der Waals surface area contributed by atoms with Gasteiger partial charge in [-0.15, -0.1) is 0 Å². The van der Waals surface area contributed by atoms with Crippen LogP contribution in [0, 0.1) is 3.57 Å². The van der Waals surface area contributed by atoms with E-state index in [-0.39, 0.29) is 10.7 Å². The van der Waals surface area contributed by atoms with Gasteiger partial charge in [0.1, 0.15) is 8.72 Å². The van der Waals surface area contributed by atoms with E-state index in [0.29, 0.717) is 20.2 Å². The summed E-state index contributed by atoms with van der Waals surface area (Å²) >= 11 is 19.4. The van der Waals surface area contributed by atoms with Crippen molar-refractivity contribution >= 4 is 57.4 Å². The molecule has 18 heavy (non-hydrogen) atoms. The quantitative estimate of drug-likeness (QED) is 0.552. The number of hydrogen-bond donors (Lipinski definition) is 0. The van der Waals surface area contributed by atoms with Crippen molar-refractivity contribution in [2.45, 2.75) is 6.54 Å².